The van der Waals surface area contributed by atoms with E-state index in [-0.39, 0.29) is 34.1 Å². The van der Waals surface area contributed by atoms with E-state index in [0.29, 0.717) is 0 Å². The minimum absolute atomic E-state index is 0.0140. The maximum absolute atomic E-state index is 13.7. The molecule has 2 aromatic carbocycles. The van der Waals surface area contributed by atoms with Gasteiger partial charge in [-0.3, -0.25) is 20.4 Å². The zero-order valence-corrected chi connectivity index (χ0v) is 16.8. The van der Waals surface area contributed by atoms with Crippen LogP contribution in [-0.2, 0) is 10.0 Å². The number of hydrogen-bond donors (Lipinski definition) is 2. The molecule has 2 rings (SSSR count). The summed E-state index contributed by atoms with van der Waals surface area (Å²) in [4.78, 5) is 24.2. The van der Waals surface area contributed by atoms with Gasteiger partial charge in [-0.15, -0.1) is 0 Å². The largest absolute Gasteiger partial charge is 0.272 e. The van der Waals surface area contributed by atoms with Gasteiger partial charge in [-0.1, -0.05) is 31.5 Å². The molecule has 0 unspecified atom stereocenters. The average molecular weight is 428 g/mol. The van der Waals surface area contributed by atoms with Crippen LogP contribution in [0.15, 0.2) is 47.4 Å². The first-order valence-electron chi connectivity index (χ1n) is 8.36. The molecule has 0 spiro atoms. The van der Waals surface area contributed by atoms with Gasteiger partial charge in [0, 0.05) is 23.7 Å². The zero-order valence-electron chi connectivity index (χ0n) is 15.2. The quantitative estimate of drug-likeness (QED) is 0.692. The van der Waals surface area contributed by atoms with Crippen LogP contribution in [0.1, 0.15) is 34.6 Å². The van der Waals surface area contributed by atoms with Crippen molar-refractivity contribution >= 4 is 33.4 Å². The zero-order chi connectivity index (χ0) is 20.9. The molecular formula is C18H19ClFN3O4S. The van der Waals surface area contributed by atoms with Crippen LogP contribution in [-0.4, -0.2) is 37.6 Å². The molecule has 0 bridgehead atoms. The summed E-state index contributed by atoms with van der Waals surface area (Å²) < 4.78 is 40.1. The number of nitrogens with one attached hydrogen (secondary N) is 2. The first-order chi connectivity index (χ1) is 13.2. The Hall–Kier alpha value is -2.49. The average Bonchev–Trinajstić information content (AvgIpc) is 2.68. The second kappa shape index (κ2) is 9.13. The highest BCUT2D eigenvalue weighted by Crippen LogP contribution is 2.17. The number of amides is 2. The molecule has 0 aromatic heterocycles. The van der Waals surface area contributed by atoms with E-state index in [4.69, 9.17) is 11.6 Å². The lowest BCUT2D eigenvalue weighted by atomic mass is 10.2. The number of nitrogens with zero attached hydrogens (tertiary/aromatic N) is 1. The Labute approximate surface area is 167 Å². The van der Waals surface area contributed by atoms with Gasteiger partial charge in [0.1, 0.15) is 5.82 Å². The molecule has 0 saturated heterocycles. The normalized spacial score (nSPS) is 11.3. The van der Waals surface area contributed by atoms with Gasteiger partial charge in [0.2, 0.25) is 10.0 Å². The smallest absolute Gasteiger partial charge is 0.267 e. The maximum Gasteiger partial charge on any atom is 0.272 e. The summed E-state index contributed by atoms with van der Waals surface area (Å²) in [5, 5.41) is 0.159. The van der Waals surface area contributed by atoms with Crippen LogP contribution < -0.4 is 10.9 Å². The van der Waals surface area contributed by atoms with Gasteiger partial charge in [-0.05, 0) is 36.4 Å². The van der Waals surface area contributed by atoms with E-state index in [1.807, 2.05) is 0 Å². The lowest BCUT2D eigenvalue weighted by Gasteiger charge is -2.18. The highest BCUT2D eigenvalue weighted by Gasteiger charge is 2.22. The van der Waals surface area contributed by atoms with Crippen molar-refractivity contribution in [3.63, 3.8) is 0 Å². The van der Waals surface area contributed by atoms with Crippen molar-refractivity contribution in [3.8, 4) is 0 Å². The van der Waals surface area contributed by atoms with Crippen LogP contribution in [0.25, 0.3) is 0 Å². The van der Waals surface area contributed by atoms with Crippen LogP contribution >= 0.6 is 11.6 Å². The summed E-state index contributed by atoms with van der Waals surface area (Å²) in [5.41, 5.74) is 3.87. The molecule has 28 heavy (non-hydrogen) atoms. The summed E-state index contributed by atoms with van der Waals surface area (Å²) in [7, 11) is -3.74. The van der Waals surface area contributed by atoms with Crippen molar-refractivity contribution in [1.29, 1.82) is 0 Å². The fraction of sp³-hybridized carbons (Fsp3) is 0.222. The van der Waals surface area contributed by atoms with Crippen molar-refractivity contribution in [2.45, 2.75) is 18.7 Å². The predicted molar refractivity (Wildman–Crippen MR) is 103 cm³/mol. The molecule has 0 radical (unpaired) electrons. The Morgan fingerprint density at radius 1 is 1.04 bits per heavy atom. The van der Waals surface area contributed by atoms with E-state index in [1.54, 1.807) is 13.8 Å². The molecule has 7 nitrogen and oxygen atoms in total. The number of benzene rings is 2. The molecule has 0 aliphatic heterocycles. The Bertz CT molecular complexity index is 994. The van der Waals surface area contributed by atoms with Gasteiger partial charge >= 0.3 is 0 Å². The number of rotatable bonds is 6. The van der Waals surface area contributed by atoms with Gasteiger partial charge in [0.05, 0.1) is 10.5 Å². The van der Waals surface area contributed by atoms with Crippen LogP contribution in [0.2, 0.25) is 5.02 Å². The molecule has 0 saturated carbocycles. The van der Waals surface area contributed by atoms with E-state index in [1.165, 1.54) is 34.6 Å². The van der Waals surface area contributed by atoms with E-state index >= 15 is 0 Å². The van der Waals surface area contributed by atoms with Gasteiger partial charge in [0.15, 0.2) is 0 Å². The van der Waals surface area contributed by atoms with Crippen molar-refractivity contribution in [3.05, 3.63) is 64.4 Å². The number of sulfonamides is 1. The number of halogens is 2. The minimum Gasteiger partial charge on any atom is -0.267 e. The van der Waals surface area contributed by atoms with Crippen LogP contribution in [0.3, 0.4) is 0 Å². The second-order valence-corrected chi connectivity index (χ2v) is 8.02. The lowest BCUT2D eigenvalue weighted by Crippen LogP contribution is -2.42. The Morgan fingerprint density at radius 2 is 1.68 bits per heavy atom. The minimum atomic E-state index is -3.74. The van der Waals surface area contributed by atoms with Gasteiger partial charge in [-0.2, -0.15) is 4.31 Å². The predicted octanol–water partition coefficient (Wildman–Crippen LogP) is 2.58. The third-order valence-electron chi connectivity index (χ3n) is 3.90. The lowest BCUT2D eigenvalue weighted by molar-refractivity contribution is 0.0844. The topological polar surface area (TPSA) is 95.6 Å². The summed E-state index contributed by atoms with van der Waals surface area (Å²) >= 11 is 5.73. The molecular weight excluding hydrogens is 409 g/mol. The molecule has 2 N–H and O–H groups in total. The van der Waals surface area contributed by atoms with Gasteiger partial charge < -0.3 is 0 Å². The maximum atomic E-state index is 13.7. The van der Waals surface area contributed by atoms with Crippen molar-refractivity contribution in [2.75, 3.05) is 13.1 Å². The first-order valence-corrected chi connectivity index (χ1v) is 10.2. The fourth-order valence-electron chi connectivity index (χ4n) is 2.43. The summed E-state index contributed by atoms with van der Waals surface area (Å²) in [6, 6.07) is 8.83. The van der Waals surface area contributed by atoms with Crippen molar-refractivity contribution in [2.24, 2.45) is 0 Å². The molecule has 10 heteroatoms. The van der Waals surface area contributed by atoms with Crippen molar-refractivity contribution < 1.29 is 22.4 Å². The summed E-state index contributed by atoms with van der Waals surface area (Å²) in [6.45, 7) is 4.00. The third-order valence-corrected chi connectivity index (χ3v) is 6.18. The van der Waals surface area contributed by atoms with Crippen molar-refractivity contribution in [1.82, 2.24) is 15.2 Å². The molecule has 0 fully saturated rings. The van der Waals surface area contributed by atoms with E-state index in [0.717, 1.165) is 12.1 Å². The highest BCUT2D eigenvalue weighted by molar-refractivity contribution is 7.89. The molecule has 0 aliphatic carbocycles. The monoisotopic (exact) mass is 427 g/mol. The fourth-order valence-corrected chi connectivity index (χ4v) is 4.11. The first kappa shape index (κ1) is 21.8. The number of hydrogen-bond acceptors (Lipinski definition) is 4. The molecule has 150 valence electrons. The highest BCUT2D eigenvalue weighted by atomic mass is 35.5. The second-order valence-electron chi connectivity index (χ2n) is 5.65. The SMILES string of the molecule is CCN(CC)S(=O)(=O)c1cccc(C(=O)NNC(=O)c2cc(Cl)ccc2F)c1. The van der Waals surface area contributed by atoms with Gasteiger partial charge in [0.25, 0.3) is 11.8 Å². The molecule has 0 atom stereocenters. The van der Waals surface area contributed by atoms with E-state index in [9.17, 15) is 22.4 Å². The molecule has 2 amide bonds. The number of carbonyl (C=O) groups excluding carboxylic acids is 2. The Kier molecular flexibility index (Phi) is 7.11. The Morgan fingerprint density at radius 3 is 2.32 bits per heavy atom. The molecule has 0 heterocycles. The van der Waals surface area contributed by atoms with E-state index < -0.39 is 27.7 Å². The summed E-state index contributed by atoms with van der Waals surface area (Å²) in [5.74, 6) is -2.46. The van der Waals surface area contributed by atoms with Crippen LogP contribution in [0, 0.1) is 5.82 Å². The Balaban J connectivity index is 2.15. The van der Waals surface area contributed by atoms with Gasteiger partial charge in [-0.25, -0.2) is 12.8 Å². The standard InChI is InChI=1S/C18H19ClFN3O4S/c1-3-23(4-2)28(26,27)14-7-5-6-12(10-14)17(24)21-22-18(25)15-11-13(19)8-9-16(15)20/h5-11H,3-4H2,1-2H3,(H,21,24)(H,22,25). The van der Waals surface area contributed by atoms with Crippen LogP contribution in [0.4, 0.5) is 4.39 Å². The summed E-state index contributed by atoms with van der Waals surface area (Å²) in [6.07, 6.45) is 0. The number of hydrazine groups is 1. The number of carbonyl (C=O) groups is 2. The van der Waals surface area contributed by atoms with E-state index in [2.05, 4.69) is 10.9 Å². The van der Waals surface area contributed by atoms with Crippen LogP contribution in [0.5, 0.6) is 0 Å². The molecule has 2 aromatic rings. The molecule has 0 aliphatic rings. The third kappa shape index (κ3) is 4.86.